The second kappa shape index (κ2) is 4.38. The van der Waals surface area contributed by atoms with Crippen LogP contribution in [0.2, 0.25) is 0 Å². The Bertz CT molecular complexity index is 712. The van der Waals surface area contributed by atoms with Crippen molar-refractivity contribution in [2.75, 3.05) is 24.2 Å². The summed E-state index contributed by atoms with van der Waals surface area (Å²) in [5.74, 6) is 0.189. The Morgan fingerprint density at radius 2 is 1.63 bits per heavy atom. The van der Waals surface area contributed by atoms with Gasteiger partial charge in [-0.1, -0.05) is 36.5 Å². The van der Waals surface area contributed by atoms with Gasteiger partial charge in [-0.05, 0) is 23.3 Å². The average molecular weight is 273 g/mol. The molecule has 0 saturated carbocycles. The van der Waals surface area contributed by atoms with E-state index in [1.165, 1.54) is 0 Å². The Labute approximate surface area is 113 Å². The van der Waals surface area contributed by atoms with Crippen LogP contribution in [-0.2, 0) is 9.84 Å². The Hall–Kier alpha value is -1.81. The van der Waals surface area contributed by atoms with Gasteiger partial charge in [0, 0.05) is 13.6 Å². The molecule has 1 heterocycles. The zero-order valence-corrected chi connectivity index (χ0v) is 11.5. The fraction of sp³-hybridized carbons (Fsp3) is 0.200. The van der Waals surface area contributed by atoms with Gasteiger partial charge in [-0.3, -0.25) is 0 Å². The molecule has 0 fully saturated rings. The Balaban J connectivity index is 2.27. The number of hydrogen-bond acceptors (Lipinski definition) is 3. The van der Waals surface area contributed by atoms with Crippen LogP contribution < -0.4 is 4.90 Å². The topological polar surface area (TPSA) is 37.4 Å². The van der Waals surface area contributed by atoms with Crippen LogP contribution in [0.25, 0.3) is 12.2 Å². The van der Waals surface area contributed by atoms with Crippen molar-refractivity contribution >= 4 is 27.7 Å². The Morgan fingerprint density at radius 1 is 1.00 bits per heavy atom. The van der Waals surface area contributed by atoms with Gasteiger partial charge in [-0.15, -0.1) is 0 Å². The van der Waals surface area contributed by atoms with Crippen molar-refractivity contribution in [3.8, 4) is 0 Å². The number of allylic oxidation sites excluding steroid dienone is 4. The monoisotopic (exact) mass is 273 g/mol. The van der Waals surface area contributed by atoms with Crippen molar-refractivity contribution in [3.63, 3.8) is 0 Å². The maximum atomic E-state index is 12.2. The molecule has 0 N–H and O–H groups in total. The third-order valence-electron chi connectivity index (χ3n) is 3.49. The molecule has 0 atom stereocenters. The minimum atomic E-state index is -3.15. The van der Waals surface area contributed by atoms with Crippen molar-refractivity contribution < 1.29 is 8.42 Å². The van der Waals surface area contributed by atoms with Crippen LogP contribution in [0.4, 0.5) is 5.69 Å². The van der Waals surface area contributed by atoms with E-state index in [2.05, 4.69) is 0 Å². The highest BCUT2D eigenvalue weighted by molar-refractivity contribution is 7.91. The summed E-state index contributed by atoms with van der Waals surface area (Å²) in [6, 6.07) is 3.75. The molecule has 3 nitrogen and oxygen atoms in total. The van der Waals surface area contributed by atoms with E-state index in [4.69, 9.17) is 0 Å². The van der Waals surface area contributed by atoms with E-state index < -0.39 is 9.84 Å². The normalized spacial score (nSPS) is 24.6. The van der Waals surface area contributed by atoms with Crippen LogP contribution in [0.3, 0.4) is 0 Å². The molecule has 0 unspecified atom stereocenters. The molecule has 4 heteroatoms. The van der Waals surface area contributed by atoms with Crippen LogP contribution in [0.5, 0.6) is 0 Å². The summed E-state index contributed by atoms with van der Waals surface area (Å²) in [6.07, 6.45) is 11.7. The first-order valence-electron chi connectivity index (χ1n) is 6.21. The molecule has 2 aliphatic rings. The fourth-order valence-corrected chi connectivity index (χ4v) is 3.94. The predicted octanol–water partition coefficient (Wildman–Crippen LogP) is 2.51. The van der Waals surface area contributed by atoms with Crippen molar-refractivity contribution in [1.82, 2.24) is 0 Å². The molecule has 19 heavy (non-hydrogen) atoms. The van der Waals surface area contributed by atoms with E-state index in [9.17, 15) is 8.42 Å². The standard InChI is InChI=1S/C15H15NO2S/c1-16-8-9-19(17,18)15-11-13-7-5-3-2-4-6-12(13)10-14(15)16/h2-7,10-11H,8-9H2,1H3/b3-2-,4-2?,5-3?,6-4-,7-5-,12-6?,13-7?. The lowest BCUT2D eigenvalue weighted by Gasteiger charge is -2.28. The highest BCUT2D eigenvalue weighted by atomic mass is 32.2. The average Bonchev–Trinajstić information content (AvgIpc) is 2.35. The quantitative estimate of drug-likeness (QED) is 0.729. The van der Waals surface area contributed by atoms with Crippen molar-refractivity contribution in [2.24, 2.45) is 0 Å². The number of nitrogens with zero attached hydrogens (tertiary/aromatic N) is 1. The molecule has 98 valence electrons. The SMILES string of the molecule is CN1CCS(=O)(=O)c2cc3c(cc21)\C=C/C=C\C=C/3. The summed E-state index contributed by atoms with van der Waals surface area (Å²) in [6.45, 7) is 0.549. The van der Waals surface area contributed by atoms with E-state index in [1.807, 2.05) is 54.5 Å². The lowest BCUT2D eigenvalue weighted by Crippen LogP contribution is -2.32. The minimum Gasteiger partial charge on any atom is -0.372 e. The van der Waals surface area contributed by atoms with E-state index >= 15 is 0 Å². The summed E-state index contributed by atoms with van der Waals surface area (Å²) in [7, 11) is -1.21. The second-order valence-corrected chi connectivity index (χ2v) is 6.87. The zero-order chi connectivity index (χ0) is 13.5. The highest BCUT2D eigenvalue weighted by Gasteiger charge is 2.27. The summed E-state index contributed by atoms with van der Waals surface area (Å²) in [4.78, 5) is 2.45. The molecule has 0 bridgehead atoms. The molecular formula is C15H15NO2S. The molecule has 0 amide bonds. The predicted molar refractivity (Wildman–Crippen MR) is 79.0 cm³/mol. The van der Waals surface area contributed by atoms with Gasteiger partial charge < -0.3 is 4.90 Å². The zero-order valence-electron chi connectivity index (χ0n) is 10.7. The van der Waals surface area contributed by atoms with Crippen LogP contribution in [0, 0.1) is 0 Å². The summed E-state index contributed by atoms with van der Waals surface area (Å²) in [5, 5.41) is 0. The molecule has 0 saturated heterocycles. The third kappa shape index (κ3) is 2.12. The van der Waals surface area contributed by atoms with E-state index in [-0.39, 0.29) is 5.75 Å². The van der Waals surface area contributed by atoms with Gasteiger partial charge in [-0.2, -0.15) is 0 Å². The van der Waals surface area contributed by atoms with E-state index in [0.717, 1.165) is 16.8 Å². The van der Waals surface area contributed by atoms with Gasteiger partial charge in [0.2, 0.25) is 0 Å². The van der Waals surface area contributed by atoms with Crippen molar-refractivity contribution in [1.29, 1.82) is 0 Å². The molecular weight excluding hydrogens is 258 g/mol. The lowest BCUT2D eigenvalue weighted by atomic mass is 10.0. The molecule has 0 aromatic heterocycles. The summed E-state index contributed by atoms with van der Waals surface area (Å²) < 4.78 is 24.4. The van der Waals surface area contributed by atoms with Crippen LogP contribution >= 0.6 is 0 Å². The van der Waals surface area contributed by atoms with Gasteiger partial charge in [0.1, 0.15) is 0 Å². The molecule has 1 aromatic rings. The van der Waals surface area contributed by atoms with Gasteiger partial charge in [0.15, 0.2) is 9.84 Å². The van der Waals surface area contributed by atoms with Gasteiger partial charge in [0.05, 0.1) is 16.3 Å². The van der Waals surface area contributed by atoms with Gasteiger partial charge in [0.25, 0.3) is 0 Å². The molecule has 1 aliphatic heterocycles. The van der Waals surface area contributed by atoms with E-state index in [0.29, 0.717) is 11.4 Å². The number of sulfone groups is 1. The molecule has 0 radical (unpaired) electrons. The Kier molecular flexibility index (Phi) is 2.82. The van der Waals surface area contributed by atoms with Crippen molar-refractivity contribution in [2.45, 2.75) is 4.90 Å². The Morgan fingerprint density at radius 3 is 2.32 bits per heavy atom. The summed E-state index contributed by atoms with van der Waals surface area (Å²) in [5.41, 5.74) is 2.79. The maximum absolute atomic E-state index is 12.2. The second-order valence-electron chi connectivity index (χ2n) is 4.79. The fourth-order valence-electron chi connectivity index (χ4n) is 2.37. The first kappa shape index (κ1) is 12.2. The molecule has 1 aromatic carbocycles. The largest absolute Gasteiger partial charge is 0.372 e. The smallest absolute Gasteiger partial charge is 0.182 e. The van der Waals surface area contributed by atoms with Gasteiger partial charge >= 0.3 is 0 Å². The first-order valence-corrected chi connectivity index (χ1v) is 7.86. The third-order valence-corrected chi connectivity index (χ3v) is 5.21. The maximum Gasteiger partial charge on any atom is 0.182 e. The van der Waals surface area contributed by atoms with Crippen molar-refractivity contribution in [3.05, 3.63) is 47.6 Å². The van der Waals surface area contributed by atoms with E-state index in [1.54, 1.807) is 6.07 Å². The molecule has 0 spiro atoms. The molecule has 1 aliphatic carbocycles. The summed E-state index contributed by atoms with van der Waals surface area (Å²) >= 11 is 0. The first-order chi connectivity index (χ1) is 9.08. The highest BCUT2D eigenvalue weighted by Crippen LogP contribution is 2.33. The van der Waals surface area contributed by atoms with Crippen LogP contribution in [0.1, 0.15) is 11.1 Å². The number of benzene rings is 1. The molecule has 3 rings (SSSR count). The lowest BCUT2D eigenvalue weighted by molar-refractivity contribution is 0.591. The number of hydrogen-bond donors (Lipinski definition) is 0. The van der Waals surface area contributed by atoms with Crippen LogP contribution in [0.15, 0.2) is 41.3 Å². The minimum absolute atomic E-state index is 0.189. The number of fused-ring (bicyclic) bond motifs is 2. The van der Waals surface area contributed by atoms with Crippen LogP contribution in [-0.4, -0.2) is 27.8 Å². The number of anilines is 1. The number of rotatable bonds is 0. The van der Waals surface area contributed by atoms with Gasteiger partial charge in [-0.25, -0.2) is 8.42 Å².